The van der Waals surface area contributed by atoms with E-state index in [2.05, 4.69) is 492 Å². The summed E-state index contributed by atoms with van der Waals surface area (Å²) in [6.45, 7) is 26.0. The molecule has 0 atom stereocenters. The van der Waals surface area contributed by atoms with Crippen LogP contribution in [0.1, 0.15) is 104 Å². The fourth-order valence-corrected chi connectivity index (χ4v) is 22.8. The highest BCUT2D eigenvalue weighted by molar-refractivity contribution is 7.26. The van der Waals surface area contributed by atoms with Crippen molar-refractivity contribution >= 4 is 153 Å². The van der Waals surface area contributed by atoms with E-state index in [1.54, 1.807) is 0 Å². The van der Waals surface area contributed by atoms with Crippen molar-refractivity contribution in [1.29, 1.82) is 0 Å². The molecule has 0 N–H and O–H groups in total. The molecule has 4 heterocycles. The molecule has 0 fully saturated rings. The molecule has 20 aromatic carbocycles. The van der Waals surface area contributed by atoms with Gasteiger partial charge in [0.25, 0.3) is 0 Å². The predicted molar refractivity (Wildman–Crippen MR) is 588 cm³/mol. The van der Waals surface area contributed by atoms with Gasteiger partial charge in [-0.15, -0.1) is 11.3 Å². The monoisotopic (exact) mass is 1800 g/mol. The average Bonchev–Trinajstić information content (AvgIpc) is 0.970. The first-order valence-electron chi connectivity index (χ1n) is 48.3. The van der Waals surface area contributed by atoms with Crippen LogP contribution in [0.3, 0.4) is 0 Å². The van der Waals surface area contributed by atoms with E-state index in [0.29, 0.717) is 0 Å². The maximum absolute atomic E-state index is 6.92. The molecular weight excluding hydrogens is 1690 g/mol. The Hall–Kier alpha value is -15.9. The molecule has 0 saturated heterocycles. The molecule has 5 nitrogen and oxygen atoms in total. The number of para-hydroxylation sites is 9. The Morgan fingerprint density at radius 2 is 0.565 bits per heavy atom. The molecule has 0 aliphatic carbocycles. The molecule has 24 rings (SSSR count). The molecule has 0 unspecified atom stereocenters. The number of thiophene rings is 1. The third kappa shape index (κ3) is 14.8. The second-order valence-corrected chi connectivity index (χ2v) is 42.2. The summed E-state index contributed by atoms with van der Waals surface area (Å²) in [5, 5.41) is 13.9. The van der Waals surface area contributed by atoms with Crippen molar-refractivity contribution in [1.82, 2.24) is 0 Å². The SMILES string of the molecule is CC(C)(C)c1cc(-c2cccc3cccc(-c4ccccc4N(c4ccc(-c5cccc6c5sc5cccc(CC(C)(C)c7cc(-c8cccc9cccc(-c%10ccccc%10N(c%10ccc(-c%11ccc%12oc%13ccccc%13c%12c%11)cc%10)c%10ccccc%10-c%10cccc%11c%10oc%10ccccc%10%11)c89)cc(C(C)(C)C)c7)c56)cc4)c4ccccc4-c4cccc5c4oc4ccccc45)c23)cc(C(C)(C)C)c1. The quantitative estimate of drug-likeness (QED) is 0.0909. The van der Waals surface area contributed by atoms with Crippen LogP contribution < -0.4 is 9.80 Å². The fraction of sp³-hybridized carbons (Fsp3) is 0.121. The number of nitrogens with zero attached hydrogens (tertiary/aromatic N) is 2. The zero-order chi connectivity index (χ0) is 93.6. The Labute approximate surface area is 809 Å². The number of benzene rings is 20. The number of hydrogen-bond acceptors (Lipinski definition) is 6. The molecule has 0 aliphatic rings. The molecule has 138 heavy (non-hydrogen) atoms. The first-order chi connectivity index (χ1) is 67.1. The molecule has 0 amide bonds. The van der Waals surface area contributed by atoms with Crippen LogP contribution in [-0.4, -0.2) is 0 Å². The summed E-state index contributed by atoms with van der Waals surface area (Å²) in [7, 11) is 0. The van der Waals surface area contributed by atoms with Gasteiger partial charge in [0.15, 0.2) is 0 Å². The Kier molecular flexibility index (Phi) is 20.5. The van der Waals surface area contributed by atoms with E-state index < -0.39 is 0 Å². The molecule has 0 bridgehead atoms. The lowest BCUT2D eigenvalue weighted by molar-refractivity contribution is 0.519. The maximum atomic E-state index is 6.92. The smallest absolute Gasteiger partial charge is 0.143 e. The second kappa shape index (κ2) is 33.3. The van der Waals surface area contributed by atoms with Crippen LogP contribution in [0.4, 0.5) is 34.1 Å². The van der Waals surface area contributed by atoms with E-state index in [-0.39, 0.29) is 21.7 Å². The summed E-state index contributed by atoms with van der Waals surface area (Å²) < 4.78 is 22.7. The van der Waals surface area contributed by atoms with Gasteiger partial charge in [0.05, 0.1) is 22.7 Å². The van der Waals surface area contributed by atoms with Crippen LogP contribution in [0.25, 0.3) is 197 Å². The number of anilines is 6. The lowest BCUT2D eigenvalue weighted by Crippen LogP contribution is -2.22. The highest BCUT2D eigenvalue weighted by Gasteiger charge is 2.33. The second-order valence-electron chi connectivity index (χ2n) is 41.1. The van der Waals surface area contributed by atoms with Gasteiger partial charge in [-0.2, -0.15) is 0 Å². The van der Waals surface area contributed by atoms with E-state index in [1.807, 2.05) is 23.5 Å². The molecule has 666 valence electrons. The number of rotatable bonds is 17. The van der Waals surface area contributed by atoms with Crippen LogP contribution in [0.2, 0.25) is 0 Å². The summed E-state index contributed by atoms with van der Waals surface area (Å²) in [4.78, 5) is 4.97. The van der Waals surface area contributed by atoms with Gasteiger partial charge in [-0.3, -0.25) is 0 Å². The molecule has 0 aliphatic heterocycles. The minimum absolute atomic E-state index is 0.0646. The summed E-state index contributed by atoms with van der Waals surface area (Å²) in [5.41, 5.74) is 35.5. The number of furan rings is 3. The zero-order valence-electron chi connectivity index (χ0n) is 79.6. The number of hydrogen-bond donors (Lipinski definition) is 0. The number of fused-ring (bicyclic) bond motifs is 14. The minimum atomic E-state index is -0.339. The van der Waals surface area contributed by atoms with E-state index in [1.165, 1.54) is 103 Å². The Bertz CT molecular complexity index is 8930. The largest absolute Gasteiger partial charge is 0.456 e. The van der Waals surface area contributed by atoms with Gasteiger partial charge in [0.2, 0.25) is 0 Å². The van der Waals surface area contributed by atoms with Crippen LogP contribution in [0.5, 0.6) is 0 Å². The maximum Gasteiger partial charge on any atom is 0.143 e. The van der Waals surface area contributed by atoms with Gasteiger partial charge in [0.1, 0.15) is 33.5 Å². The molecule has 0 saturated carbocycles. The summed E-state index contributed by atoms with van der Waals surface area (Å²) in [5.74, 6) is 0. The van der Waals surface area contributed by atoms with Crippen LogP contribution in [0, 0.1) is 0 Å². The van der Waals surface area contributed by atoms with Crippen molar-refractivity contribution in [3.05, 3.63) is 446 Å². The zero-order valence-corrected chi connectivity index (χ0v) is 80.4. The lowest BCUT2D eigenvalue weighted by Gasteiger charge is -2.31. The third-order valence-corrected chi connectivity index (χ3v) is 29.9. The van der Waals surface area contributed by atoms with Crippen LogP contribution in [0.15, 0.2) is 432 Å². The fourth-order valence-electron chi connectivity index (χ4n) is 21.6. The molecule has 6 heteroatoms. The van der Waals surface area contributed by atoms with Crippen LogP contribution >= 0.6 is 11.3 Å². The van der Waals surface area contributed by atoms with E-state index in [0.717, 1.165) is 162 Å². The molecular formula is C132H104N2O3S. The Balaban J connectivity index is 0.605. The lowest BCUT2D eigenvalue weighted by atomic mass is 9.74. The molecule has 4 aromatic heterocycles. The Morgan fingerprint density at radius 1 is 0.225 bits per heavy atom. The summed E-state index contributed by atoms with van der Waals surface area (Å²) in [6, 6.07) is 155. The third-order valence-electron chi connectivity index (χ3n) is 28.7. The summed E-state index contributed by atoms with van der Waals surface area (Å²) >= 11 is 1.91. The van der Waals surface area contributed by atoms with Crippen molar-refractivity contribution < 1.29 is 13.3 Å². The average molecular weight is 1800 g/mol. The molecule has 24 aromatic rings. The van der Waals surface area contributed by atoms with Crippen molar-refractivity contribution in [2.75, 3.05) is 9.80 Å². The van der Waals surface area contributed by atoms with Crippen molar-refractivity contribution in [3.8, 4) is 89.0 Å². The standard InChI is InChI=1S/C132H104N2O3S/c1-129(2,3)90-74-88(75-91(79-90)130(4,5)6)96-46-26-34-84-36-28-49-106(123(84)96)99-39-13-20-57-115(99)134(117-59-22-15-42-102(117)109-52-33-54-111-104-44-17-25-62-120(104)137-127(109)111)95-71-66-83(67-72-95)98-48-31-55-112-125-87(38-30-63-122(125)138-128(98)112)81-132(10,11)93-77-89(76-92(80-93)131(7,8)9)97-47-27-35-85-37-29-50-107(124(85)97)100-40-12-19-56-114(100)133(94-69-64-82(65-70-94)86-68-73-121-113(78-86)105-45-18-23-60-118(105)135-121)116-58-21-14-41-101(116)108-51-32-53-110-103-43-16-24-61-119(103)136-126(108)110/h12-80H,81H2,1-11H3. The van der Waals surface area contributed by atoms with Gasteiger partial charge >= 0.3 is 0 Å². The van der Waals surface area contributed by atoms with Crippen molar-refractivity contribution in [3.63, 3.8) is 0 Å². The van der Waals surface area contributed by atoms with Gasteiger partial charge in [-0.05, 0) is 218 Å². The minimum Gasteiger partial charge on any atom is -0.456 e. The molecule has 0 spiro atoms. The predicted octanol–water partition coefficient (Wildman–Crippen LogP) is 38.7. The highest BCUT2D eigenvalue weighted by Crippen LogP contribution is 2.55. The van der Waals surface area contributed by atoms with E-state index >= 15 is 0 Å². The summed E-state index contributed by atoms with van der Waals surface area (Å²) in [6.07, 6.45) is 0.808. The van der Waals surface area contributed by atoms with Gasteiger partial charge in [-0.25, -0.2) is 0 Å². The highest BCUT2D eigenvalue weighted by atomic mass is 32.1. The van der Waals surface area contributed by atoms with E-state index in [9.17, 15) is 0 Å². The first-order valence-corrected chi connectivity index (χ1v) is 49.1. The van der Waals surface area contributed by atoms with Crippen molar-refractivity contribution in [2.24, 2.45) is 0 Å². The van der Waals surface area contributed by atoms with E-state index in [4.69, 9.17) is 13.3 Å². The molecule has 0 radical (unpaired) electrons. The first kappa shape index (κ1) is 85.1. The van der Waals surface area contributed by atoms with Crippen molar-refractivity contribution in [2.45, 2.75) is 104 Å². The normalized spacial score (nSPS) is 12.3. The van der Waals surface area contributed by atoms with Gasteiger partial charge < -0.3 is 23.1 Å². The van der Waals surface area contributed by atoms with Crippen LogP contribution in [-0.2, 0) is 28.1 Å². The Morgan fingerprint density at radius 3 is 1.04 bits per heavy atom. The topological polar surface area (TPSA) is 45.9 Å². The van der Waals surface area contributed by atoms with Gasteiger partial charge in [-0.1, -0.05) is 410 Å². The van der Waals surface area contributed by atoms with Gasteiger partial charge in [0, 0.05) is 97.2 Å².